The minimum absolute atomic E-state index is 0.296. The van der Waals surface area contributed by atoms with Crippen molar-refractivity contribution < 1.29 is 23.8 Å². The van der Waals surface area contributed by atoms with E-state index in [1.54, 1.807) is 39.3 Å². The third kappa shape index (κ3) is 2.94. The van der Waals surface area contributed by atoms with Crippen LogP contribution >= 0.6 is 0 Å². The largest absolute Gasteiger partial charge is 0.493 e. The van der Waals surface area contributed by atoms with Crippen LogP contribution in [0.15, 0.2) is 29.5 Å². The van der Waals surface area contributed by atoms with Crippen molar-refractivity contribution in [3.8, 4) is 11.5 Å². The molecule has 2 amide bonds. The molecule has 1 atom stereocenters. The molecule has 0 saturated heterocycles. The summed E-state index contributed by atoms with van der Waals surface area (Å²) in [6.45, 7) is 1.71. The van der Waals surface area contributed by atoms with Crippen molar-refractivity contribution in [2.75, 3.05) is 28.4 Å². The standard InChI is InChI=1S/C16H20N2O5/c1-9-13(15(19)23-5)14(17-16(20)18(9)2)10-6-7-11(21-3)12(8-10)22-4/h6-8,14H,1-5H3,(H,17,20). The van der Waals surface area contributed by atoms with Crippen molar-refractivity contribution >= 4 is 12.0 Å². The van der Waals surface area contributed by atoms with E-state index in [1.807, 2.05) is 0 Å². The maximum atomic E-state index is 12.2. The summed E-state index contributed by atoms with van der Waals surface area (Å²) in [5.41, 5.74) is 1.62. The summed E-state index contributed by atoms with van der Waals surface area (Å²) >= 11 is 0. The molecule has 0 spiro atoms. The minimum atomic E-state index is -0.619. The highest BCUT2D eigenvalue weighted by Crippen LogP contribution is 2.35. The van der Waals surface area contributed by atoms with E-state index in [9.17, 15) is 9.59 Å². The van der Waals surface area contributed by atoms with Gasteiger partial charge in [0.1, 0.15) is 0 Å². The Bertz CT molecular complexity index is 668. The van der Waals surface area contributed by atoms with Gasteiger partial charge in [-0.25, -0.2) is 9.59 Å². The fourth-order valence-corrected chi connectivity index (χ4v) is 2.49. The molecule has 0 bridgehead atoms. The molecule has 1 aromatic carbocycles. The predicted molar refractivity (Wildman–Crippen MR) is 83.3 cm³/mol. The lowest BCUT2D eigenvalue weighted by Gasteiger charge is -2.33. The molecule has 0 radical (unpaired) electrons. The summed E-state index contributed by atoms with van der Waals surface area (Å²) in [7, 11) is 5.97. The first-order valence-corrected chi connectivity index (χ1v) is 6.99. The second-order valence-electron chi connectivity index (χ2n) is 5.05. The Morgan fingerprint density at radius 3 is 2.39 bits per heavy atom. The molecule has 1 aliphatic rings. The van der Waals surface area contributed by atoms with E-state index in [-0.39, 0.29) is 6.03 Å². The van der Waals surface area contributed by atoms with Crippen molar-refractivity contribution in [3.05, 3.63) is 35.0 Å². The topological polar surface area (TPSA) is 77.1 Å². The molecule has 1 aliphatic heterocycles. The molecule has 7 nitrogen and oxygen atoms in total. The number of esters is 1. The average Bonchev–Trinajstić information content (AvgIpc) is 2.58. The van der Waals surface area contributed by atoms with Crippen LogP contribution in [0.3, 0.4) is 0 Å². The fourth-order valence-electron chi connectivity index (χ4n) is 2.49. The van der Waals surface area contributed by atoms with Crippen molar-refractivity contribution in [2.45, 2.75) is 13.0 Å². The summed E-state index contributed by atoms with van der Waals surface area (Å²) in [4.78, 5) is 25.7. The van der Waals surface area contributed by atoms with Crippen LogP contribution in [0.25, 0.3) is 0 Å². The SMILES string of the molecule is COC(=O)C1=C(C)N(C)C(=O)NC1c1ccc(OC)c(OC)c1. The summed E-state index contributed by atoms with van der Waals surface area (Å²) in [5, 5.41) is 2.80. The first-order chi connectivity index (χ1) is 10.9. The predicted octanol–water partition coefficient (Wildman–Crippen LogP) is 1.85. The number of urea groups is 1. The maximum absolute atomic E-state index is 12.2. The second-order valence-corrected chi connectivity index (χ2v) is 5.05. The molecule has 0 aromatic heterocycles. The number of amides is 2. The van der Waals surface area contributed by atoms with Gasteiger partial charge >= 0.3 is 12.0 Å². The Kier molecular flexibility index (Phi) is 4.78. The summed E-state index contributed by atoms with van der Waals surface area (Å²) in [5.74, 6) is 0.588. The summed E-state index contributed by atoms with van der Waals surface area (Å²) in [6.07, 6.45) is 0. The van der Waals surface area contributed by atoms with Gasteiger partial charge < -0.3 is 24.4 Å². The van der Waals surface area contributed by atoms with Crippen LogP contribution in [0.1, 0.15) is 18.5 Å². The van der Waals surface area contributed by atoms with Gasteiger partial charge in [0.05, 0.1) is 32.9 Å². The Labute approximate surface area is 134 Å². The van der Waals surface area contributed by atoms with Gasteiger partial charge in [-0.15, -0.1) is 0 Å². The van der Waals surface area contributed by atoms with Crippen LogP contribution < -0.4 is 14.8 Å². The van der Waals surface area contributed by atoms with E-state index in [4.69, 9.17) is 14.2 Å². The second kappa shape index (κ2) is 6.60. The summed E-state index contributed by atoms with van der Waals surface area (Å²) < 4.78 is 15.4. The number of carbonyl (C=O) groups excluding carboxylic acids is 2. The number of hydrogen-bond donors (Lipinski definition) is 1. The van der Waals surface area contributed by atoms with E-state index in [2.05, 4.69) is 5.32 Å². The number of allylic oxidation sites excluding steroid dienone is 1. The zero-order chi connectivity index (χ0) is 17.1. The third-order valence-corrected chi connectivity index (χ3v) is 3.90. The highest BCUT2D eigenvalue weighted by molar-refractivity contribution is 5.94. The molecule has 23 heavy (non-hydrogen) atoms. The molecule has 124 valence electrons. The maximum Gasteiger partial charge on any atom is 0.337 e. The quantitative estimate of drug-likeness (QED) is 0.857. The van der Waals surface area contributed by atoms with Crippen LogP contribution in [0.4, 0.5) is 4.79 Å². The zero-order valence-corrected chi connectivity index (χ0v) is 13.8. The van der Waals surface area contributed by atoms with Gasteiger partial charge in [-0.1, -0.05) is 6.07 Å². The van der Waals surface area contributed by atoms with E-state index in [0.29, 0.717) is 28.3 Å². The molecule has 1 aromatic rings. The van der Waals surface area contributed by atoms with Gasteiger partial charge in [-0.3, -0.25) is 0 Å². The van der Waals surface area contributed by atoms with Gasteiger partial charge in [0.25, 0.3) is 0 Å². The molecule has 2 rings (SSSR count). The number of nitrogens with one attached hydrogen (secondary N) is 1. The Hall–Kier alpha value is -2.70. The Morgan fingerprint density at radius 1 is 1.17 bits per heavy atom. The average molecular weight is 320 g/mol. The Morgan fingerprint density at radius 2 is 1.83 bits per heavy atom. The van der Waals surface area contributed by atoms with E-state index < -0.39 is 12.0 Å². The molecular weight excluding hydrogens is 300 g/mol. The van der Waals surface area contributed by atoms with Gasteiger partial charge in [0.15, 0.2) is 11.5 Å². The monoisotopic (exact) mass is 320 g/mol. The van der Waals surface area contributed by atoms with Crippen molar-refractivity contribution in [2.24, 2.45) is 0 Å². The number of hydrogen-bond acceptors (Lipinski definition) is 5. The fraction of sp³-hybridized carbons (Fsp3) is 0.375. The Balaban J connectivity index is 2.55. The normalized spacial score (nSPS) is 17.7. The van der Waals surface area contributed by atoms with Gasteiger partial charge in [0.2, 0.25) is 0 Å². The number of carbonyl (C=O) groups is 2. The van der Waals surface area contributed by atoms with Gasteiger partial charge in [-0.05, 0) is 24.6 Å². The lowest BCUT2D eigenvalue weighted by molar-refractivity contribution is -0.136. The van der Waals surface area contributed by atoms with Crippen molar-refractivity contribution in [1.29, 1.82) is 0 Å². The lowest BCUT2D eigenvalue weighted by Crippen LogP contribution is -2.46. The van der Waals surface area contributed by atoms with Gasteiger partial charge in [0, 0.05) is 12.7 Å². The lowest BCUT2D eigenvalue weighted by atomic mass is 9.94. The molecule has 1 unspecified atom stereocenters. The van der Waals surface area contributed by atoms with Crippen molar-refractivity contribution in [3.63, 3.8) is 0 Å². The molecule has 7 heteroatoms. The van der Waals surface area contributed by atoms with Crippen LogP contribution in [0.2, 0.25) is 0 Å². The molecule has 1 heterocycles. The summed E-state index contributed by atoms with van der Waals surface area (Å²) in [6, 6.07) is 4.31. The molecular formula is C16H20N2O5. The molecule has 1 N–H and O–H groups in total. The molecule has 0 saturated carbocycles. The minimum Gasteiger partial charge on any atom is -0.493 e. The number of ether oxygens (including phenoxy) is 3. The number of rotatable bonds is 4. The smallest absolute Gasteiger partial charge is 0.337 e. The highest BCUT2D eigenvalue weighted by Gasteiger charge is 2.35. The van der Waals surface area contributed by atoms with E-state index in [0.717, 1.165) is 0 Å². The third-order valence-electron chi connectivity index (χ3n) is 3.90. The van der Waals surface area contributed by atoms with Crippen LogP contribution in [0, 0.1) is 0 Å². The van der Waals surface area contributed by atoms with E-state index in [1.165, 1.54) is 19.1 Å². The number of benzene rings is 1. The number of methoxy groups -OCH3 is 3. The zero-order valence-electron chi connectivity index (χ0n) is 13.8. The van der Waals surface area contributed by atoms with E-state index >= 15 is 0 Å². The number of nitrogens with zero attached hydrogens (tertiary/aromatic N) is 1. The van der Waals surface area contributed by atoms with Crippen LogP contribution in [0.5, 0.6) is 11.5 Å². The van der Waals surface area contributed by atoms with Crippen molar-refractivity contribution in [1.82, 2.24) is 10.2 Å². The van der Waals surface area contributed by atoms with Gasteiger partial charge in [-0.2, -0.15) is 0 Å². The molecule has 0 aliphatic carbocycles. The molecule has 0 fully saturated rings. The first-order valence-electron chi connectivity index (χ1n) is 6.99. The van der Waals surface area contributed by atoms with Crippen LogP contribution in [-0.2, 0) is 9.53 Å². The highest BCUT2D eigenvalue weighted by atomic mass is 16.5. The first kappa shape index (κ1) is 16.7. The van der Waals surface area contributed by atoms with Crippen LogP contribution in [-0.4, -0.2) is 45.3 Å².